The maximum Gasteiger partial charge on any atom is 0.396 e. The number of alkyl halides is 3. The Morgan fingerprint density at radius 1 is 1.00 bits per heavy atom. The third-order valence-corrected chi connectivity index (χ3v) is 3.40. The molecule has 0 N–H and O–H groups in total. The van der Waals surface area contributed by atoms with E-state index >= 15 is 0 Å². The van der Waals surface area contributed by atoms with Crippen LogP contribution in [0.1, 0.15) is 28.3 Å². The van der Waals surface area contributed by atoms with E-state index in [2.05, 4.69) is 0 Å². The van der Waals surface area contributed by atoms with E-state index in [1.807, 2.05) is 0 Å². The average Bonchev–Trinajstić information content (AvgIpc) is 2.45. The molecule has 0 bridgehead atoms. The van der Waals surface area contributed by atoms with Crippen molar-refractivity contribution >= 4 is 17.4 Å². The van der Waals surface area contributed by atoms with Gasteiger partial charge in [-0.05, 0) is 29.8 Å². The Hall–Kier alpha value is -1.81. The van der Waals surface area contributed by atoms with Crippen LogP contribution in [0.25, 0.3) is 0 Å². The van der Waals surface area contributed by atoms with Crippen molar-refractivity contribution in [3.05, 3.63) is 70.7 Å². The van der Waals surface area contributed by atoms with Crippen LogP contribution in [0.5, 0.6) is 0 Å². The molecule has 0 aliphatic rings. The Morgan fingerprint density at radius 2 is 1.57 bits per heavy atom. The lowest BCUT2D eigenvalue weighted by Crippen LogP contribution is -2.23. The second kappa shape index (κ2) is 6.31. The summed E-state index contributed by atoms with van der Waals surface area (Å²) in [5.41, 5.74) is 0.317. The molecule has 0 saturated heterocycles. The molecule has 2 rings (SSSR count). The number of ketones is 1. The number of Topliss-reactive ketones (excluding diaryl/α,β-unsaturated/α-hetero) is 1. The highest BCUT2D eigenvalue weighted by Gasteiger charge is 2.41. The molecular weight excluding hydrogens is 301 g/mol. The van der Waals surface area contributed by atoms with Crippen molar-refractivity contribution in [3.63, 3.8) is 0 Å². The average molecular weight is 313 g/mol. The van der Waals surface area contributed by atoms with Crippen LogP contribution < -0.4 is 0 Å². The van der Waals surface area contributed by atoms with Crippen LogP contribution in [0.15, 0.2) is 54.6 Å². The van der Waals surface area contributed by atoms with Crippen molar-refractivity contribution in [1.82, 2.24) is 0 Å². The molecule has 0 aliphatic carbocycles. The summed E-state index contributed by atoms with van der Waals surface area (Å²) in [4.78, 5) is 12.0. The lowest BCUT2D eigenvalue weighted by molar-refractivity contribution is -0.149. The van der Waals surface area contributed by atoms with Crippen molar-refractivity contribution < 1.29 is 18.0 Å². The smallest absolute Gasteiger partial charge is 0.294 e. The molecule has 0 amide bonds. The van der Waals surface area contributed by atoms with Crippen LogP contribution in [-0.2, 0) is 0 Å². The van der Waals surface area contributed by atoms with Crippen LogP contribution in [0.4, 0.5) is 13.2 Å². The van der Waals surface area contributed by atoms with Crippen molar-refractivity contribution in [3.8, 4) is 0 Å². The van der Waals surface area contributed by atoms with E-state index in [4.69, 9.17) is 11.6 Å². The van der Waals surface area contributed by atoms with Gasteiger partial charge in [-0.25, -0.2) is 0 Å². The van der Waals surface area contributed by atoms with Crippen molar-refractivity contribution in [2.24, 2.45) is 0 Å². The second-order valence-corrected chi connectivity index (χ2v) is 5.08. The zero-order valence-electron chi connectivity index (χ0n) is 10.9. The zero-order chi connectivity index (χ0) is 15.5. The quantitative estimate of drug-likeness (QED) is 0.704. The normalized spacial score (nSPS) is 13.0. The first kappa shape index (κ1) is 15.6. The molecule has 110 valence electrons. The number of hydrogen-bond acceptors (Lipinski definition) is 1. The summed E-state index contributed by atoms with van der Waals surface area (Å²) in [5, 5.41) is 0.432. The Labute approximate surface area is 125 Å². The van der Waals surface area contributed by atoms with Gasteiger partial charge >= 0.3 is 6.18 Å². The van der Waals surface area contributed by atoms with Gasteiger partial charge in [0.25, 0.3) is 0 Å². The van der Waals surface area contributed by atoms with Gasteiger partial charge < -0.3 is 0 Å². The van der Waals surface area contributed by atoms with E-state index in [9.17, 15) is 18.0 Å². The number of rotatable bonds is 4. The molecule has 21 heavy (non-hydrogen) atoms. The standard InChI is InChI=1S/C16H12ClF3O/c17-13-8-6-12(7-9-13)15(21)10-14(16(18,19)20)11-4-2-1-3-5-11/h1-9,14H,10H2/t14-/m1/s1. The number of hydrogen-bond donors (Lipinski definition) is 0. The van der Waals surface area contributed by atoms with Gasteiger partial charge in [0.05, 0.1) is 5.92 Å². The lowest BCUT2D eigenvalue weighted by Gasteiger charge is -2.20. The second-order valence-electron chi connectivity index (χ2n) is 4.64. The van der Waals surface area contributed by atoms with E-state index in [0.29, 0.717) is 5.02 Å². The summed E-state index contributed by atoms with van der Waals surface area (Å²) in [6.45, 7) is 0. The molecular formula is C16H12ClF3O. The van der Waals surface area contributed by atoms with Crippen LogP contribution in [-0.4, -0.2) is 12.0 Å². The molecule has 0 heterocycles. The highest BCUT2D eigenvalue weighted by atomic mass is 35.5. The summed E-state index contributed by atoms with van der Waals surface area (Å²) < 4.78 is 39.5. The van der Waals surface area contributed by atoms with Crippen LogP contribution in [0.2, 0.25) is 5.02 Å². The lowest BCUT2D eigenvalue weighted by atomic mass is 9.91. The minimum atomic E-state index is -4.47. The Balaban J connectivity index is 2.24. The van der Waals surface area contributed by atoms with Gasteiger partial charge in [0.2, 0.25) is 0 Å². The van der Waals surface area contributed by atoms with Gasteiger partial charge in [-0.15, -0.1) is 0 Å². The first-order valence-electron chi connectivity index (χ1n) is 6.28. The third kappa shape index (κ3) is 4.08. The highest BCUT2D eigenvalue weighted by Crippen LogP contribution is 2.38. The maximum atomic E-state index is 13.2. The van der Waals surface area contributed by atoms with Crippen LogP contribution in [0, 0.1) is 0 Å². The van der Waals surface area contributed by atoms with Gasteiger partial charge in [-0.1, -0.05) is 41.9 Å². The number of halogens is 4. The van der Waals surface area contributed by atoms with E-state index in [-0.39, 0.29) is 11.1 Å². The first-order chi connectivity index (χ1) is 9.88. The number of carbonyl (C=O) groups is 1. The molecule has 0 fully saturated rings. The molecule has 2 aromatic rings. The van der Waals surface area contributed by atoms with Crippen LogP contribution in [0.3, 0.4) is 0 Å². The van der Waals surface area contributed by atoms with E-state index < -0.39 is 24.3 Å². The Morgan fingerprint density at radius 3 is 2.10 bits per heavy atom. The molecule has 1 nitrogen and oxygen atoms in total. The summed E-state index contributed by atoms with van der Waals surface area (Å²) in [7, 11) is 0. The molecule has 0 radical (unpaired) electrons. The first-order valence-corrected chi connectivity index (χ1v) is 6.66. The van der Waals surface area contributed by atoms with Crippen LogP contribution >= 0.6 is 11.6 Å². The van der Waals surface area contributed by atoms with Crippen molar-refractivity contribution in [2.45, 2.75) is 18.5 Å². The number of carbonyl (C=O) groups excluding carboxylic acids is 1. The molecule has 0 unspecified atom stereocenters. The molecule has 0 spiro atoms. The summed E-state index contributed by atoms with van der Waals surface area (Å²) >= 11 is 5.70. The fraction of sp³-hybridized carbons (Fsp3) is 0.188. The minimum absolute atomic E-state index is 0.0901. The van der Waals surface area contributed by atoms with Gasteiger partial charge in [-0.2, -0.15) is 13.2 Å². The minimum Gasteiger partial charge on any atom is -0.294 e. The predicted molar refractivity (Wildman–Crippen MR) is 75.6 cm³/mol. The molecule has 0 aliphatic heterocycles. The largest absolute Gasteiger partial charge is 0.396 e. The summed E-state index contributed by atoms with van der Waals surface area (Å²) in [5.74, 6) is -2.36. The van der Waals surface area contributed by atoms with Gasteiger partial charge in [0.1, 0.15) is 0 Å². The summed E-state index contributed by atoms with van der Waals surface area (Å²) in [6, 6.07) is 13.3. The van der Waals surface area contributed by atoms with Crippen molar-refractivity contribution in [1.29, 1.82) is 0 Å². The maximum absolute atomic E-state index is 13.2. The SMILES string of the molecule is O=C(C[C@H](c1ccccc1)C(F)(F)F)c1ccc(Cl)cc1. The number of benzene rings is 2. The topological polar surface area (TPSA) is 17.1 Å². The molecule has 5 heteroatoms. The van der Waals surface area contributed by atoms with E-state index in [1.165, 1.54) is 48.5 Å². The van der Waals surface area contributed by atoms with Gasteiger partial charge in [0.15, 0.2) is 5.78 Å². The fourth-order valence-corrected chi connectivity index (χ4v) is 2.17. The molecule has 1 atom stereocenters. The Kier molecular flexibility index (Phi) is 4.68. The Bertz CT molecular complexity index is 606. The highest BCUT2D eigenvalue weighted by molar-refractivity contribution is 6.30. The zero-order valence-corrected chi connectivity index (χ0v) is 11.7. The predicted octanol–water partition coefficient (Wildman–Crippen LogP) is 5.26. The van der Waals surface area contributed by atoms with E-state index in [0.717, 1.165) is 0 Å². The van der Waals surface area contributed by atoms with E-state index in [1.54, 1.807) is 6.07 Å². The monoisotopic (exact) mass is 312 g/mol. The van der Waals surface area contributed by atoms with Gasteiger partial charge in [0, 0.05) is 17.0 Å². The molecule has 0 aromatic heterocycles. The van der Waals surface area contributed by atoms with Crippen molar-refractivity contribution in [2.75, 3.05) is 0 Å². The summed E-state index contributed by atoms with van der Waals surface area (Å²) in [6.07, 6.45) is -5.08. The fourth-order valence-electron chi connectivity index (χ4n) is 2.05. The molecule has 0 saturated carbocycles. The third-order valence-electron chi connectivity index (χ3n) is 3.15. The van der Waals surface area contributed by atoms with Gasteiger partial charge in [-0.3, -0.25) is 4.79 Å². The molecule has 2 aromatic carbocycles.